The van der Waals surface area contributed by atoms with Crippen molar-refractivity contribution < 1.29 is 9.53 Å². The fraction of sp³-hybridized carbons (Fsp3) is 0.250. The van der Waals surface area contributed by atoms with Crippen LogP contribution in [0.3, 0.4) is 0 Å². The van der Waals surface area contributed by atoms with Crippen LogP contribution in [0.4, 0.5) is 0 Å². The van der Waals surface area contributed by atoms with Crippen molar-refractivity contribution in [1.82, 2.24) is 5.32 Å². The summed E-state index contributed by atoms with van der Waals surface area (Å²) in [7, 11) is 0. The lowest BCUT2D eigenvalue weighted by molar-refractivity contribution is -0.117. The molecule has 4 heteroatoms. The van der Waals surface area contributed by atoms with Crippen molar-refractivity contribution in [3.05, 3.63) is 77.6 Å². The molecule has 3 N–H and O–H groups in total. The van der Waals surface area contributed by atoms with Crippen molar-refractivity contribution in [3.8, 4) is 5.75 Å². The first-order chi connectivity index (χ1) is 11.6. The SMILES string of the molecule is C=CCOc1ccc(CNC(=O)C2=C(N)CC(CC)=CC=C2)cc1. The van der Waals surface area contributed by atoms with E-state index in [9.17, 15) is 4.79 Å². The smallest absolute Gasteiger partial charge is 0.253 e. The first-order valence-electron chi connectivity index (χ1n) is 8.09. The van der Waals surface area contributed by atoms with Crippen LogP contribution in [0.1, 0.15) is 25.3 Å². The van der Waals surface area contributed by atoms with Gasteiger partial charge < -0.3 is 15.8 Å². The lowest BCUT2D eigenvalue weighted by atomic mass is 10.1. The zero-order chi connectivity index (χ0) is 17.4. The van der Waals surface area contributed by atoms with E-state index in [1.54, 1.807) is 12.2 Å². The molecule has 0 saturated heterocycles. The minimum absolute atomic E-state index is 0.151. The van der Waals surface area contributed by atoms with Crippen LogP contribution in [0.2, 0.25) is 0 Å². The number of nitrogens with one attached hydrogen (secondary N) is 1. The van der Waals surface area contributed by atoms with Crippen molar-refractivity contribution in [1.29, 1.82) is 0 Å². The molecule has 1 aromatic rings. The van der Waals surface area contributed by atoms with Gasteiger partial charge in [-0.15, -0.1) is 0 Å². The van der Waals surface area contributed by atoms with Gasteiger partial charge in [0.2, 0.25) is 0 Å². The lowest BCUT2D eigenvalue weighted by Crippen LogP contribution is -2.26. The summed E-state index contributed by atoms with van der Waals surface area (Å²) in [6.07, 6.45) is 8.96. The van der Waals surface area contributed by atoms with E-state index < -0.39 is 0 Å². The number of ether oxygens (including phenoxy) is 1. The monoisotopic (exact) mass is 324 g/mol. The second kappa shape index (κ2) is 8.77. The van der Waals surface area contributed by atoms with Gasteiger partial charge in [-0.2, -0.15) is 0 Å². The summed E-state index contributed by atoms with van der Waals surface area (Å²) < 4.78 is 5.44. The lowest BCUT2D eigenvalue weighted by Gasteiger charge is -2.10. The highest BCUT2D eigenvalue weighted by Crippen LogP contribution is 2.19. The molecule has 24 heavy (non-hydrogen) atoms. The largest absolute Gasteiger partial charge is 0.490 e. The minimum atomic E-state index is -0.151. The van der Waals surface area contributed by atoms with E-state index in [1.165, 1.54) is 5.57 Å². The maximum atomic E-state index is 12.4. The third kappa shape index (κ3) is 4.88. The Bertz CT molecular complexity index is 682. The van der Waals surface area contributed by atoms with Gasteiger partial charge in [0.15, 0.2) is 0 Å². The topological polar surface area (TPSA) is 64.3 Å². The third-order valence-corrected chi connectivity index (χ3v) is 3.80. The van der Waals surface area contributed by atoms with Gasteiger partial charge in [-0.05, 0) is 30.2 Å². The van der Waals surface area contributed by atoms with Crippen molar-refractivity contribution in [2.24, 2.45) is 5.73 Å². The quantitative estimate of drug-likeness (QED) is 0.756. The average molecular weight is 324 g/mol. The number of nitrogens with two attached hydrogens (primary N) is 1. The molecule has 1 aliphatic rings. The van der Waals surface area contributed by atoms with Crippen molar-refractivity contribution in [2.75, 3.05) is 6.61 Å². The highest BCUT2D eigenvalue weighted by Gasteiger charge is 2.13. The van der Waals surface area contributed by atoms with E-state index in [0.29, 0.717) is 30.8 Å². The zero-order valence-corrected chi connectivity index (χ0v) is 14.0. The maximum absolute atomic E-state index is 12.4. The molecule has 0 aliphatic heterocycles. The van der Waals surface area contributed by atoms with Crippen molar-refractivity contribution in [2.45, 2.75) is 26.3 Å². The first-order valence-corrected chi connectivity index (χ1v) is 8.09. The number of benzene rings is 1. The van der Waals surface area contributed by atoms with Gasteiger partial charge in [0.05, 0.1) is 5.57 Å². The van der Waals surface area contributed by atoms with Gasteiger partial charge in [-0.3, -0.25) is 4.79 Å². The fourth-order valence-electron chi connectivity index (χ4n) is 2.39. The highest BCUT2D eigenvalue weighted by molar-refractivity contribution is 5.97. The van der Waals surface area contributed by atoms with Gasteiger partial charge in [0.1, 0.15) is 12.4 Å². The summed E-state index contributed by atoms with van der Waals surface area (Å²) in [6, 6.07) is 7.61. The molecule has 0 bridgehead atoms. The summed E-state index contributed by atoms with van der Waals surface area (Å²) in [5.74, 6) is 0.628. The Labute approximate surface area is 143 Å². The predicted molar refractivity (Wildman–Crippen MR) is 97.3 cm³/mol. The Morgan fingerprint density at radius 2 is 2.12 bits per heavy atom. The van der Waals surface area contributed by atoms with Crippen LogP contribution in [-0.4, -0.2) is 12.5 Å². The van der Waals surface area contributed by atoms with E-state index in [2.05, 4.69) is 18.8 Å². The Kier molecular flexibility index (Phi) is 6.43. The van der Waals surface area contributed by atoms with Gasteiger partial charge in [-0.1, -0.05) is 49.4 Å². The summed E-state index contributed by atoms with van der Waals surface area (Å²) >= 11 is 0. The fourth-order valence-corrected chi connectivity index (χ4v) is 2.39. The normalized spacial score (nSPS) is 14.0. The van der Waals surface area contributed by atoms with Crippen LogP contribution in [0.15, 0.2) is 72.0 Å². The van der Waals surface area contributed by atoms with Gasteiger partial charge in [-0.25, -0.2) is 0 Å². The summed E-state index contributed by atoms with van der Waals surface area (Å²) in [6.45, 7) is 6.62. The van der Waals surface area contributed by atoms with Crippen LogP contribution in [-0.2, 0) is 11.3 Å². The Morgan fingerprint density at radius 3 is 2.79 bits per heavy atom. The number of carbonyl (C=O) groups excluding carboxylic acids is 1. The second-order valence-electron chi connectivity index (χ2n) is 5.58. The van der Waals surface area contributed by atoms with Gasteiger partial charge in [0.25, 0.3) is 5.91 Å². The molecule has 0 radical (unpaired) electrons. The Balaban J connectivity index is 1.94. The standard InChI is InChI=1S/C20H24N2O2/c1-3-12-24-17-10-8-16(9-11-17)14-22-20(23)18-7-5-6-15(4-2)13-19(18)21/h3,5-11H,1,4,12-14,21H2,2H3,(H,22,23). The molecule has 0 saturated carbocycles. The molecule has 1 aromatic carbocycles. The second-order valence-corrected chi connectivity index (χ2v) is 5.58. The highest BCUT2D eigenvalue weighted by atomic mass is 16.5. The van der Waals surface area contributed by atoms with Gasteiger partial charge >= 0.3 is 0 Å². The molecule has 0 unspecified atom stereocenters. The number of allylic oxidation sites excluding steroid dienone is 3. The van der Waals surface area contributed by atoms with Crippen LogP contribution in [0.5, 0.6) is 5.75 Å². The van der Waals surface area contributed by atoms with Crippen LogP contribution in [0.25, 0.3) is 0 Å². The Hall–Kier alpha value is -2.75. The van der Waals surface area contributed by atoms with Crippen molar-refractivity contribution in [3.63, 3.8) is 0 Å². The molecule has 1 aliphatic carbocycles. The summed E-state index contributed by atoms with van der Waals surface area (Å²) in [4.78, 5) is 12.4. The number of amides is 1. The molecule has 126 valence electrons. The molecule has 2 rings (SSSR count). The minimum Gasteiger partial charge on any atom is -0.490 e. The van der Waals surface area contributed by atoms with E-state index in [-0.39, 0.29) is 5.91 Å². The molecule has 0 spiro atoms. The third-order valence-electron chi connectivity index (χ3n) is 3.80. The average Bonchev–Trinajstić information content (AvgIpc) is 2.80. The molecule has 0 heterocycles. The molecule has 0 aromatic heterocycles. The van der Waals surface area contributed by atoms with Crippen LogP contribution < -0.4 is 15.8 Å². The molecule has 4 nitrogen and oxygen atoms in total. The predicted octanol–water partition coefficient (Wildman–Crippen LogP) is 3.38. The van der Waals surface area contributed by atoms with E-state index in [4.69, 9.17) is 10.5 Å². The van der Waals surface area contributed by atoms with E-state index in [0.717, 1.165) is 17.7 Å². The van der Waals surface area contributed by atoms with E-state index >= 15 is 0 Å². The molecule has 0 atom stereocenters. The molecular weight excluding hydrogens is 300 g/mol. The number of rotatable bonds is 7. The first kappa shape index (κ1) is 17.6. The van der Waals surface area contributed by atoms with Crippen LogP contribution >= 0.6 is 0 Å². The number of carbonyl (C=O) groups is 1. The van der Waals surface area contributed by atoms with Gasteiger partial charge in [0, 0.05) is 18.7 Å². The number of hydrogen-bond donors (Lipinski definition) is 2. The zero-order valence-electron chi connectivity index (χ0n) is 14.0. The molecule has 0 fully saturated rings. The van der Waals surface area contributed by atoms with E-state index in [1.807, 2.05) is 36.4 Å². The molecule has 1 amide bonds. The van der Waals surface area contributed by atoms with Crippen molar-refractivity contribution >= 4 is 5.91 Å². The molecular formula is C20H24N2O2. The van der Waals surface area contributed by atoms with Crippen LogP contribution in [0, 0.1) is 0 Å². The Morgan fingerprint density at radius 1 is 1.38 bits per heavy atom. The number of hydrogen-bond acceptors (Lipinski definition) is 3. The summed E-state index contributed by atoms with van der Waals surface area (Å²) in [5, 5.41) is 2.91. The maximum Gasteiger partial charge on any atom is 0.253 e. The summed E-state index contributed by atoms with van der Waals surface area (Å²) in [5.41, 5.74) is 9.46.